The van der Waals surface area contributed by atoms with Crippen molar-refractivity contribution in [2.75, 3.05) is 49.7 Å². The van der Waals surface area contributed by atoms with Gasteiger partial charge in [0.05, 0.1) is 25.7 Å². The number of hydrogen-bond donors (Lipinski definition) is 3. The third kappa shape index (κ3) is 3.43. The van der Waals surface area contributed by atoms with Crippen molar-refractivity contribution in [3.8, 4) is 5.75 Å². The second-order valence-corrected chi connectivity index (χ2v) is 7.90. The highest BCUT2D eigenvalue weighted by Crippen LogP contribution is 2.33. The number of methoxy groups -OCH3 is 1. The minimum atomic E-state index is -1.20. The van der Waals surface area contributed by atoms with Gasteiger partial charge in [-0.05, 0) is 12.1 Å². The van der Waals surface area contributed by atoms with Crippen molar-refractivity contribution in [2.45, 2.75) is 24.5 Å². The molecule has 0 radical (unpaired) electrons. The summed E-state index contributed by atoms with van der Waals surface area (Å²) in [5, 5.41) is 29.8. The molecule has 1 aromatic carbocycles. The number of nitrogens with zero attached hydrogens (tertiary/aromatic N) is 6. The number of aromatic nitrogens is 4. The largest absolute Gasteiger partial charge is 0.495 e. The lowest BCUT2D eigenvalue weighted by molar-refractivity contribution is -0.0511. The topological polar surface area (TPSA) is 129 Å². The minimum Gasteiger partial charge on any atom is -0.495 e. The minimum absolute atomic E-state index is 0.391. The molecule has 170 valence electrons. The van der Waals surface area contributed by atoms with E-state index < -0.39 is 31.1 Å². The molecule has 2 saturated heterocycles. The Morgan fingerprint density at radius 3 is 2.50 bits per heavy atom. The number of hydrogen-bond acceptors (Lipinski definition) is 10. The summed E-state index contributed by atoms with van der Waals surface area (Å²) in [5.41, 5.74) is 2.16. The van der Waals surface area contributed by atoms with Gasteiger partial charge in [-0.15, -0.1) is 0 Å². The van der Waals surface area contributed by atoms with Gasteiger partial charge in [0.2, 0.25) is 0 Å². The van der Waals surface area contributed by atoms with Gasteiger partial charge >= 0.3 is 0 Å². The first-order valence-corrected chi connectivity index (χ1v) is 10.5. The van der Waals surface area contributed by atoms with Gasteiger partial charge in [-0.2, -0.15) is 0 Å². The Bertz CT molecular complexity index is 1090. The lowest BCUT2D eigenvalue weighted by Gasteiger charge is -2.37. The quantitative estimate of drug-likeness (QED) is 0.487. The Kier molecular flexibility index (Phi) is 5.55. The number of rotatable bonds is 5. The molecule has 5 rings (SSSR count). The number of aliphatic hydroxyl groups is 3. The number of para-hydroxylation sites is 2. The van der Waals surface area contributed by atoms with Crippen LogP contribution in [-0.4, -0.2) is 93.0 Å². The lowest BCUT2D eigenvalue weighted by Crippen LogP contribution is -2.47. The molecule has 4 atom stereocenters. The Morgan fingerprint density at radius 2 is 1.78 bits per heavy atom. The van der Waals surface area contributed by atoms with Crippen LogP contribution in [0.5, 0.6) is 5.75 Å². The summed E-state index contributed by atoms with van der Waals surface area (Å²) in [6.45, 7) is 2.68. The van der Waals surface area contributed by atoms with Crippen molar-refractivity contribution < 1.29 is 24.8 Å². The first-order valence-electron chi connectivity index (χ1n) is 10.5. The van der Waals surface area contributed by atoms with E-state index in [0.29, 0.717) is 17.0 Å². The van der Waals surface area contributed by atoms with Gasteiger partial charge in [0.25, 0.3) is 0 Å². The summed E-state index contributed by atoms with van der Waals surface area (Å²) >= 11 is 0. The summed E-state index contributed by atoms with van der Waals surface area (Å²) < 4.78 is 12.7. The first-order chi connectivity index (χ1) is 15.6. The lowest BCUT2D eigenvalue weighted by atomic mass is 10.1. The fraction of sp³-hybridized carbons (Fsp3) is 0.476. The van der Waals surface area contributed by atoms with Gasteiger partial charge < -0.3 is 34.6 Å². The van der Waals surface area contributed by atoms with Gasteiger partial charge in [0.15, 0.2) is 23.2 Å². The maximum Gasteiger partial charge on any atom is 0.167 e. The van der Waals surface area contributed by atoms with Gasteiger partial charge in [-0.1, -0.05) is 12.1 Å². The molecular weight excluding hydrogens is 416 g/mol. The Hall–Kier alpha value is -2.99. The van der Waals surface area contributed by atoms with E-state index in [4.69, 9.17) is 9.47 Å². The van der Waals surface area contributed by atoms with E-state index in [1.807, 2.05) is 18.2 Å². The SMILES string of the molecule is COc1ccccc1N1CCN(c2ncnc3c2ncn3[C@@H]2O[C@H](CO)[C@@H](O)[C@H]2O)CC1. The number of ether oxygens (including phenoxy) is 2. The Balaban J connectivity index is 1.37. The fourth-order valence-corrected chi connectivity index (χ4v) is 4.42. The summed E-state index contributed by atoms with van der Waals surface area (Å²) in [6.07, 6.45) is -1.16. The van der Waals surface area contributed by atoms with Crippen molar-refractivity contribution in [1.82, 2.24) is 19.5 Å². The van der Waals surface area contributed by atoms with Crippen molar-refractivity contribution in [3.05, 3.63) is 36.9 Å². The summed E-state index contributed by atoms with van der Waals surface area (Å²) in [4.78, 5) is 17.7. The maximum absolute atomic E-state index is 10.4. The van der Waals surface area contributed by atoms with E-state index >= 15 is 0 Å². The molecule has 32 heavy (non-hydrogen) atoms. The number of benzene rings is 1. The van der Waals surface area contributed by atoms with Gasteiger partial charge in [0.1, 0.15) is 30.4 Å². The summed E-state index contributed by atoms with van der Waals surface area (Å²) in [7, 11) is 1.68. The van der Waals surface area contributed by atoms with Crippen LogP contribution >= 0.6 is 0 Å². The zero-order valence-corrected chi connectivity index (χ0v) is 17.7. The molecule has 0 saturated carbocycles. The van der Waals surface area contributed by atoms with Crippen LogP contribution in [0.15, 0.2) is 36.9 Å². The first kappa shape index (κ1) is 20.9. The van der Waals surface area contributed by atoms with E-state index in [9.17, 15) is 15.3 Å². The predicted octanol–water partition coefficient (Wildman–Crippen LogP) is -0.227. The molecule has 0 bridgehead atoms. The molecule has 0 spiro atoms. The van der Waals surface area contributed by atoms with Crippen LogP contribution in [0.1, 0.15) is 6.23 Å². The van der Waals surface area contributed by atoms with E-state index in [2.05, 4.69) is 30.8 Å². The van der Waals surface area contributed by atoms with E-state index in [-0.39, 0.29) is 0 Å². The predicted molar refractivity (Wildman–Crippen MR) is 116 cm³/mol. The third-order valence-electron chi connectivity index (χ3n) is 6.14. The van der Waals surface area contributed by atoms with Crippen LogP contribution in [0.3, 0.4) is 0 Å². The molecule has 3 N–H and O–H groups in total. The van der Waals surface area contributed by atoms with Crippen LogP contribution in [0.2, 0.25) is 0 Å². The highest BCUT2D eigenvalue weighted by molar-refractivity contribution is 5.83. The number of imidazole rings is 1. The highest BCUT2D eigenvalue weighted by Gasteiger charge is 2.44. The fourth-order valence-electron chi connectivity index (χ4n) is 4.42. The van der Waals surface area contributed by atoms with Crippen LogP contribution in [-0.2, 0) is 4.74 Å². The Morgan fingerprint density at radius 1 is 1.03 bits per heavy atom. The molecule has 0 amide bonds. The van der Waals surface area contributed by atoms with Gasteiger partial charge in [0, 0.05) is 26.2 Å². The molecular formula is C21H26N6O5. The second-order valence-electron chi connectivity index (χ2n) is 7.90. The third-order valence-corrected chi connectivity index (χ3v) is 6.14. The number of fused-ring (bicyclic) bond motifs is 1. The molecule has 0 unspecified atom stereocenters. The van der Waals surface area contributed by atoms with Crippen molar-refractivity contribution in [1.29, 1.82) is 0 Å². The van der Waals surface area contributed by atoms with Crippen LogP contribution in [0.4, 0.5) is 11.5 Å². The molecule has 0 aliphatic carbocycles. The molecule has 11 nitrogen and oxygen atoms in total. The van der Waals surface area contributed by atoms with Crippen LogP contribution in [0.25, 0.3) is 11.2 Å². The standard InChI is InChI=1S/C21H26N6O5/c1-31-14-5-3-2-4-13(14)25-6-8-26(9-7-25)19-16-20(23-11-22-19)27(12-24-16)21-18(30)17(29)15(10-28)32-21/h2-5,11-12,15,17-18,21,28-30H,6-10H2,1H3/t15-,17-,18-,21-/m1/s1. The molecule has 2 aliphatic rings. The molecule has 2 aliphatic heterocycles. The number of anilines is 2. The maximum atomic E-state index is 10.4. The monoisotopic (exact) mass is 442 g/mol. The molecule has 4 heterocycles. The Labute approximate surface area is 184 Å². The molecule has 11 heteroatoms. The van der Waals surface area contributed by atoms with Gasteiger partial charge in [-0.3, -0.25) is 4.57 Å². The summed E-state index contributed by atoms with van der Waals surface area (Å²) in [6, 6.07) is 7.97. The molecule has 3 aromatic rings. The van der Waals surface area contributed by atoms with Gasteiger partial charge in [-0.25, -0.2) is 15.0 Å². The summed E-state index contributed by atoms with van der Waals surface area (Å²) in [5.74, 6) is 1.56. The second kappa shape index (κ2) is 8.51. The average molecular weight is 442 g/mol. The average Bonchev–Trinajstić information content (AvgIpc) is 3.39. The molecule has 2 fully saturated rings. The highest BCUT2D eigenvalue weighted by atomic mass is 16.6. The normalized spacial score (nSPS) is 26.1. The van der Waals surface area contributed by atoms with E-state index in [0.717, 1.165) is 37.6 Å². The van der Waals surface area contributed by atoms with Crippen LogP contribution in [0, 0.1) is 0 Å². The van der Waals surface area contributed by atoms with E-state index in [1.54, 1.807) is 11.7 Å². The molecule has 2 aromatic heterocycles. The van der Waals surface area contributed by atoms with Crippen LogP contribution < -0.4 is 14.5 Å². The number of aliphatic hydroxyl groups excluding tert-OH is 3. The number of piperazine rings is 1. The smallest absolute Gasteiger partial charge is 0.167 e. The van der Waals surface area contributed by atoms with Crippen molar-refractivity contribution in [3.63, 3.8) is 0 Å². The zero-order chi connectivity index (χ0) is 22.2. The van der Waals surface area contributed by atoms with Crippen molar-refractivity contribution >= 4 is 22.7 Å². The zero-order valence-electron chi connectivity index (χ0n) is 17.7. The van der Waals surface area contributed by atoms with E-state index in [1.165, 1.54) is 12.7 Å². The van der Waals surface area contributed by atoms with Crippen molar-refractivity contribution in [2.24, 2.45) is 0 Å².